The minimum atomic E-state index is -3.33. The van der Waals surface area contributed by atoms with E-state index in [1.807, 2.05) is 6.07 Å². The van der Waals surface area contributed by atoms with Crippen LogP contribution in [0.4, 0.5) is 0 Å². The first-order valence-electron chi connectivity index (χ1n) is 5.57. The smallest absolute Gasteiger partial charge is 0.218 e. The number of hydrogen-bond acceptors (Lipinski definition) is 4. The first kappa shape index (κ1) is 17.9. The van der Waals surface area contributed by atoms with Gasteiger partial charge in [0.05, 0.1) is 17.4 Å². The lowest BCUT2D eigenvalue weighted by atomic mass is 10.2. The van der Waals surface area contributed by atoms with E-state index >= 15 is 0 Å². The number of sulfonamides is 1. The number of nitriles is 1. The van der Waals surface area contributed by atoms with Crippen LogP contribution < -0.4 is 5.32 Å². The van der Waals surface area contributed by atoms with Crippen molar-refractivity contribution in [2.45, 2.75) is 5.75 Å². The highest BCUT2D eigenvalue weighted by molar-refractivity contribution is 7.88. The van der Waals surface area contributed by atoms with Gasteiger partial charge in [-0.25, -0.2) is 12.7 Å². The average molecular weight is 304 g/mol. The van der Waals surface area contributed by atoms with Crippen molar-refractivity contribution in [1.82, 2.24) is 9.62 Å². The molecule has 7 heteroatoms. The summed E-state index contributed by atoms with van der Waals surface area (Å²) in [6, 6.07) is 8.66. The van der Waals surface area contributed by atoms with Crippen LogP contribution in [0.15, 0.2) is 24.3 Å². The Hall–Kier alpha value is -1.13. The molecule has 1 N–H and O–H groups in total. The summed E-state index contributed by atoms with van der Waals surface area (Å²) in [6.07, 6.45) is 0. The molecule has 0 spiro atoms. The number of nitrogens with one attached hydrogen (secondary N) is 1. The summed E-state index contributed by atoms with van der Waals surface area (Å²) in [5, 5.41) is 11.7. The first-order chi connectivity index (χ1) is 8.49. The Kier molecular flexibility index (Phi) is 7.64. The maximum Gasteiger partial charge on any atom is 0.218 e. The van der Waals surface area contributed by atoms with E-state index in [0.717, 1.165) is 0 Å². The number of nitrogens with zero attached hydrogens (tertiary/aromatic N) is 2. The second-order valence-corrected chi connectivity index (χ2v) is 6.07. The van der Waals surface area contributed by atoms with Crippen LogP contribution in [0.5, 0.6) is 0 Å². The molecular formula is C12H18ClN3O2S. The van der Waals surface area contributed by atoms with Gasteiger partial charge in [-0.1, -0.05) is 12.1 Å². The van der Waals surface area contributed by atoms with Crippen molar-refractivity contribution in [3.05, 3.63) is 35.4 Å². The van der Waals surface area contributed by atoms with Gasteiger partial charge in [0.1, 0.15) is 0 Å². The van der Waals surface area contributed by atoms with Gasteiger partial charge >= 0.3 is 0 Å². The van der Waals surface area contributed by atoms with Crippen molar-refractivity contribution in [3.63, 3.8) is 0 Å². The minimum absolute atomic E-state index is 0. The van der Waals surface area contributed by atoms with Crippen LogP contribution in [0.25, 0.3) is 0 Å². The van der Waals surface area contributed by atoms with Crippen LogP contribution in [0.2, 0.25) is 0 Å². The molecule has 0 saturated heterocycles. The Morgan fingerprint density at radius 3 is 2.68 bits per heavy atom. The van der Waals surface area contributed by atoms with E-state index in [-0.39, 0.29) is 18.2 Å². The number of benzene rings is 1. The maximum absolute atomic E-state index is 12.0. The van der Waals surface area contributed by atoms with Crippen molar-refractivity contribution >= 4 is 22.4 Å². The normalized spacial score (nSPS) is 10.8. The number of rotatable bonds is 6. The van der Waals surface area contributed by atoms with Gasteiger partial charge in [-0.05, 0) is 24.7 Å². The van der Waals surface area contributed by atoms with Gasteiger partial charge in [-0.15, -0.1) is 12.4 Å². The van der Waals surface area contributed by atoms with Crippen molar-refractivity contribution in [1.29, 1.82) is 5.26 Å². The van der Waals surface area contributed by atoms with E-state index in [1.165, 1.54) is 4.31 Å². The summed E-state index contributed by atoms with van der Waals surface area (Å²) in [4.78, 5) is 0. The second-order valence-electron chi connectivity index (χ2n) is 3.99. The summed E-state index contributed by atoms with van der Waals surface area (Å²) >= 11 is 0. The predicted molar refractivity (Wildman–Crippen MR) is 77.6 cm³/mol. The molecule has 106 valence electrons. The SMILES string of the molecule is CNCCN(C)S(=O)(=O)Cc1cccc(C#N)c1.Cl. The lowest BCUT2D eigenvalue weighted by Crippen LogP contribution is -2.33. The van der Waals surface area contributed by atoms with Gasteiger partial charge in [0.25, 0.3) is 0 Å². The molecule has 0 aromatic heterocycles. The summed E-state index contributed by atoms with van der Waals surface area (Å²) < 4.78 is 25.4. The zero-order valence-corrected chi connectivity index (χ0v) is 12.6. The quantitative estimate of drug-likeness (QED) is 0.849. The minimum Gasteiger partial charge on any atom is -0.318 e. The van der Waals surface area contributed by atoms with Crippen LogP contribution in [-0.2, 0) is 15.8 Å². The van der Waals surface area contributed by atoms with E-state index in [1.54, 1.807) is 38.4 Å². The molecule has 0 radical (unpaired) electrons. The zero-order valence-electron chi connectivity index (χ0n) is 11.0. The van der Waals surface area contributed by atoms with E-state index in [0.29, 0.717) is 24.2 Å². The molecule has 0 amide bonds. The van der Waals surface area contributed by atoms with Crippen LogP contribution in [0.1, 0.15) is 11.1 Å². The highest BCUT2D eigenvalue weighted by atomic mass is 35.5. The Balaban J connectivity index is 0.00000324. The Morgan fingerprint density at radius 1 is 1.42 bits per heavy atom. The standard InChI is InChI=1S/C12H17N3O2S.ClH/c1-14-6-7-15(2)18(16,17)10-12-5-3-4-11(8-12)9-13;/h3-5,8,14H,6-7,10H2,1-2H3;1H. The Morgan fingerprint density at radius 2 is 2.11 bits per heavy atom. The Labute approximate surface area is 120 Å². The molecule has 0 aliphatic heterocycles. The molecule has 1 aromatic carbocycles. The van der Waals surface area contributed by atoms with E-state index < -0.39 is 10.0 Å². The molecule has 0 aliphatic carbocycles. The highest BCUT2D eigenvalue weighted by Gasteiger charge is 2.17. The maximum atomic E-state index is 12.0. The van der Waals surface area contributed by atoms with Gasteiger partial charge in [0, 0.05) is 20.1 Å². The molecule has 1 rings (SSSR count). The number of halogens is 1. The average Bonchev–Trinajstić information content (AvgIpc) is 2.35. The predicted octanol–water partition coefficient (Wildman–Crippen LogP) is 0.961. The van der Waals surface area contributed by atoms with Gasteiger partial charge in [0.15, 0.2) is 0 Å². The molecule has 0 saturated carbocycles. The first-order valence-corrected chi connectivity index (χ1v) is 7.18. The molecule has 1 aromatic rings. The third-order valence-electron chi connectivity index (χ3n) is 2.56. The monoisotopic (exact) mass is 303 g/mol. The van der Waals surface area contributed by atoms with E-state index in [4.69, 9.17) is 5.26 Å². The van der Waals surface area contributed by atoms with Gasteiger partial charge < -0.3 is 5.32 Å². The molecule has 0 heterocycles. The number of hydrogen-bond donors (Lipinski definition) is 1. The second kappa shape index (κ2) is 8.12. The van der Waals surface area contributed by atoms with Crippen molar-refractivity contribution < 1.29 is 8.42 Å². The topological polar surface area (TPSA) is 73.2 Å². The Bertz CT molecular complexity index is 540. The fraction of sp³-hybridized carbons (Fsp3) is 0.417. The van der Waals surface area contributed by atoms with E-state index in [9.17, 15) is 8.42 Å². The molecule has 19 heavy (non-hydrogen) atoms. The van der Waals surface area contributed by atoms with Crippen LogP contribution in [-0.4, -0.2) is 39.9 Å². The van der Waals surface area contributed by atoms with Crippen LogP contribution in [0.3, 0.4) is 0 Å². The van der Waals surface area contributed by atoms with Crippen LogP contribution in [0, 0.1) is 11.3 Å². The molecule has 0 aliphatic rings. The molecule has 5 nitrogen and oxygen atoms in total. The fourth-order valence-corrected chi connectivity index (χ4v) is 2.65. The summed E-state index contributed by atoms with van der Waals surface area (Å²) in [6.45, 7) is 1.03. The van der Waals surface area contributed by atoms with E-state index in [2.05, 4.69) is 5.32 Å². The fourth-order valence-electron chi connectivity index (χ4n) is 1.46. The van der Waals surface area contributed by atoms with Gasteiger partial charge in [0.2, 0.25) is 10.0 Å². The largest absolute Gasteiger partial charge is 0.318 e. The zero-order chi connectivity index (χ0) is 13.6. The van der Waals surface area contributed by atoms with Crippen molar-refractivity contribution in [2.24, 2.45) is 0 Å². The molecule has 0 fully saturated rings. The number of likely N-dealkylation sites (N-methyl/N-ethyl adjacent to an activating group) is 2. The lowest BCUT2D eigenvalue weighted by molar-refractivity contribution is 0.465. The highest BCUT2D eigenvalue weighted by Crippen LogP contribution is 2.11. The summed E-state index contributed by atoms with van der Waals surface area (Å²) in [7, 11) is 0.00438. The van der Waals surface area contributed by atoms with Crippen molar-refractivity contribution in [2.75, 3.05) is 27.2 Å². The van der Waals surface area contributed by atoms with Gasteiger partial charge in [-0.3, -0.25) is 0 Å². The third-order valence-corrected chi connectivity index (χ3v) is 4.39. The third kappa shape index (κ3) is 5.57. The van der Waals surface area contributed by atoms with Crippen LogP contribution >= 0.6 is 12.4 Å². The summed E-state index contributed by atoms with van der Waals surface area (Å²) in [5.41, 5.74) is 1.10. The molecule has 0 bridgehead atoms. The molecule has 0 atom stereocenters. The van der Waals surface area contributed by atoms with Crippen molar-refractivity contribution in [3.8, 4) is 6.07 Å². The lowest BCUT2D eigenvalue weighted by Gasteiger charge is -2.16. The summed E-state index contributed by atoms with van der Waals surface area (Å²) in [5.74, 6) is -0.0806. The molecule has 0 unspecified atom stereocenters. The molecular weight excluding hydrogens is 286 g/mol. The van der Waals surface area contributed by atoms with Gasteiger partial charge in [-0.2, -0.15) is 5.26 Å².